The molecular formula is C21H14BrF2NO3. The summed E-state index contributed by atoms with van der Waals surface area (Å²) in [6, 6.07) is 16.0. The van der Waals surface area contributed by atoms with E-state index < -0.39 is 6.61 Å². The first-order valence-corrected chi connectivity index (χ1v) is 9.12. The molecule has 0 atom stereocenters. The summed E-state index contributed by atoms with van der Waals surface area (Å²) < 4.78 is 41.9. The van der Waals surface area contributed by atoms with Gasteiger partial charge in [0.15, 0.2) is 0 Å². The van der Waals surface area contributed by atoms with Crippen LogP contribution in [0.5, 0.6) is 11.5 Å². The van der Waals surface area contributed by atoms with Gasteiger partial charge in [-0.1, -0.05) is 34.1 Å². The Bertz CT molecular complexity index is 1190. The number of ether oxygens (including phenoxy) is 2. The van der Waals surface area contributed by atoms with E-state index in [4.69, 9.17) is 9.15 Å². The molecule has 1 aromatic heterocycles. The number of aliphatic imine (C=N–C) groups is 1. The number of rotatable bonds is 5. The molecule has 7 heteroatoms. The van der Waals surface area contributed by atoms with Crippen molar-refractivity contribution in [2.45, 2.75) is 6.61 Å². The zero-order valence-corrected chi connectivity index (χ0v) is 16.2. The Morgan fingerprint density at radius 1 is 1.00 bits per heavy atom. The average Bonchev–Trinajstić information content (AvgIpc) is 3.04. The Morgan fingerprint density at radius 3 is 2.61 bits per heavy atom. The highest BCUT2D eigenvalue weighted by atomic mass is 79.9. The molecule has 28 heavy (non-hydrogen) atoms. The molecule has 4 nitrogen and oxygen atoms in total. The van der Waals surface area contributed by atoms with Crippen LogP contribution in [0.3, 0.4) is 0 Å². The van der Waals surface area contributed by atoms with Crippen molar-refractivity contribution >= 4 is 49.8 Å². The number of furan rings is 1. The highest BCUT2D eigenvalue weighted by Gasteiger charge is 2.13. The SMILES string of the molecule is COc1cc2c(cc1N=Cc1cc(Br)ccc1OC(F)F)oc1ccccc12. The molecule has 0 amide bonds. The summed E-state index contributed by atoms with van der Waals surface area (Å²) in [5, 5.41) is 1.89. The van der Waals surface area contributed by atoms with E-state index in [1.165, 1.54) is 12.3 Å². The quantitative estimate of drug-likeness (QED) is 0.320. The number of halogens is 3. The van der Waals surface area contributed by atoms with Gasteiger partial charge in [-0.3, -0.25) is 4.99 Å². The lowest BCUT2D eigenvalue weighted by Crippen LogP contribution is -2.04. The first-order valence-electron chi connectivity index (χ1n) is 8.33. The zero-order valence-electron chi connectivity index (χ0n) is 14.7. The Hall–Kier alpha value is -2.93. The van der Waals surface area contributed by atoms with Crippen molar-refractivity contribution in [3.8, 4) is 11.5 Å². The Labute approximate surface area is 167 Å². The van der Waals surface area contributed by atoms with Crippen LogP contribution in [0.25, 0.3) is 21.9 Å². The van der Waals surface area contributed by atoms with Crippen LogP contribution in [-0.2, 0) is 0 Å². The fourth-order valence-corrected chi connectivity index (χ4v) is 3.35. The standard InChI is InChI=1S/C21H14BrF2NO3/c1-26-20-9-15-14-4-2-3-5-18(14)27-19(15)10-16(20)25-11-12-8-13(22)6-7-17(12)28-21(23)24/h2-11,21H,1H3. The topological polar surface area (TPSA) is 44.0 Å². The van der Waals surface area contributed by atoms with Gasteiger partial charge in [0, 0.05) is 33.1 Å². The number of methoxy groups -OCH3 is 1. The first kappa shape index (κ1) is 18.4. The summed E-state index contributed by atoms with van der Waals surface area (Å²) in [7, 11) is 1.55. The molecule has 142 valence electrons. The van der Waals surface area contributed by atoms with Gasteiger partial charge in [0.2, 0.25) is 0 Å². The molecular weight excluding hydrogens is 432 g/mol. The third kappa shape index (κ3) is 3.57. The molecule has 3 aromatic carbocycles. The van der Waals surface area contributed by atoms with Crippen molar-refractivity contribution in [1.82, 2.24) is 0 Å². The number of fused-ring (bicyclic) bond motifs is 3. The van der Waals surface area contributed by atoms with Crippen LogP contribution in [0, 0.1) is 0 Å². The number of hydrogen-bond acceptors (Lipinski definition) is 4. The second-order valence-corrected chi connectivity index (χ2v) is 6.85. The van der Waals surface area contributed by atoms with Gasteiger partial charge in [0.1, 0.15) is 28.4 Å². The van der Waals surface area contributed by atoms with Crippen LogP contribution < -0.4 is 9.47 Å². The fourth-order valence-electron chi connectivity index (χ4n) is 2.97. The third-order valence-electron chi connectivity index (χ3n) is 4.21. The predicted molar refractivity (Wildman–Crippen MR) is 108 cm³/mol. The number of hydrogen-bond donors (Lipinski definition) is 0. The number of alkyl halides is 2. The van der Waals surface area contributed by atoms with Gasteiger partial charge in [-0.15, -0.1) is 0 Å². The average molecular weight is 446 g/mol. The van der Waals surface area contributed by atoms with E-state index in [-0.39, 0.29) is 5.75 Å². The maximum atomic E-state index is 12.6. The molecule has 0 spiro atoms. The van der Waals surface area contributed by atoms with Gasteiger partial charge >= 0.3 is 6.61 Å². The lowest BCUT2D eigenvalue weighted by atomic mass is 10.1. The van der Waals surface area contributed by atoms with Gasteiger partial charge in [0.25, 0.3) is 0 Å². The maximum absolute atomic E-state index is 12.6. The predicted octanol–water partition coefficient (Wildman–Crippen LogP) is 6.71. The summed E-state index contributed by atoms with van der Waals surface area (Å²) in [5.41, 5.74) is 2.34. The molecule has 0 aliphatic heterocycles. The van der Waals surface area contributed by atoms with E-state index in [2.05, 4.69) is 25.7 Å². The minimum atomic E-state index is -2.92. The van der Waals surface area contributed by atoms with E-state index >= 15 is 0 Å². The molecule has 0 saturated carbocycles. The molecule has 0 aliphatic carbocycles. The van der Waals surface area contributed by atoms with Crippen molar-refractivity contribution in [1.29, 1.82) is 0 Å². The lowest BCUT2D eigenvalue weighted by Gasteiger charge is -2.08. The van der Waals surface area contributed by atoms with Gasteiger partial charge < -0.3 is 13.9 Å². The summed E-state index contributed by atoms with van der Waals surface area (Å²) in [6.07, 6.45) is 1.45. The van der Waals surface area contributed by atoms with Crippen molar-refractivity contribution in [3.05, 3.63) is 64.6 Å². The van der Waals surface area contributed by atoms with E-state index in [1.54, 1.807) is 25.3 Å². The fraction of sp³-hybridized carbons (Fsp3) is 0.0952. The maximum Gasteiger partial charge on any atom is 0.387 e. The summed E-state index contributed by atoms with van der Waals surface area (Å²) in [5.74, 6) is 0.576. The largest absolute Gasteiger partial charge is 0.494 e. The molecule has 0 radical (unpaired) electrons. The van der Waals surface area contributed by atoms with Crippen molar-refractivity contribution in [2.24, 2.45) is 4.99 Å². The second-order valence-electron chi connectivity index (χ2n) is 5.94. The van der Waals surface area contributed by atoms with Crippen LogP contribution in [-0.4, -0.2) is 19.9 Å². The van der Waals surface area contributed by atoms with E-state index in [1.807, 2.05) is 30.3 Å². The molecule has 0 bridgehead atoms. The molecule has 4 rings (SSSR count). The lowest BCUT2D eigenvalue weighted by molar-refractivity contribution is -0.0499. The number of para-hydroxylation sites is 1. The summed E-state index contributed by atoms with van der Waals surface area (Å²) in [4.78, 5) is 4.42. The van der Waals surface area contributed by atoms with Crippen LogP contribution in [0.1, 0.15) is 5.56 Å². The zero-order chi connectivity index (χ0) is 19.7. The number of nitrogens with zero attached hydrogens (tertiary/aromatic N) is 1. The van der Waals surface area contributed by atoms with Crippen LogP contribution in [0.2, 0.25) is 0 Å². The van der Waals surface area contributed by atoms with Gasteiger partial charge in [-0.05, 0) is 30.3 Å². The normalized spacial score (nSPS) is 11.8. The molecule has 0 N–H and O–H groups in total. The third-order valence-corrected chi connectivity index (χ3v) is 4.70. The molecule has 0 aliphatic rings. The summed E-state index contributed by atoms with van der Waals surface area (Å²) >= 11 is 3.32. The molecule has 4 aromatic rings. The minimum Gasteiger partial charge on any atom is -0.494 e. The van der Waals surface area contributed by atoms with E-state index in [0.717, 1.165) is 20.8 Å². The second kappa shape index (κ2) is 7.59. The molecule has 0 unspecified atom stereocenters. The van der Waals surface area contributed by atoms with E-state index in [0.29, 0.717) is 22.6 Å². The highest BCUT2D eigenvalue weighted by molar-refractivity contribution is 9.10. The molecule has 1 heterocycles. The van der Waals surface area contributed by atoms with E-state index in [9.17, 15) is 8.78 Å². The monoisotopic (exact) mass is 445 g/mol. The Balaban J connectivity index is 1.79. The first-order chi connectivity index (χ1) is 13.5. The van der Waals surface area contributed by atoms with Gasteiger partial charge in [-0.2, -0.15) is 8.78 Å². The van der Waals surface area contributed by atoms with Gasteiger partial charge in [0.05, 0.1) is 7.11 Å². The Kier molecular flexibility index (Phi) is 5.00. The van der Waals surface area contributed by atoms with Crippen LogP contribution >= 0.6 is 15.9 Å². The van der Waals surface area contributed by atoms with Gasteiger partial charge in [-0.25, -0.2) is 0 Å². The van der Waals surface area contributed by atoms with Crippen molar-refractivity contribution in [3.63, 3.8) is 0 Å². The highest BCUT2D eigenvalue weighted by Crippen LogP contribution is 2.38. The van der Waals surface area contributed by atoms with Crippen molar-refractivity contribution < 1.29 is 22.7 Å². The summed E-state index contributed by atoms with van der Waals surface area (Å²) in [6.45, 7) is -2.92. The molecule has 0 saturated heterocycles. The minimum absolute atomic E-state index is 0.0331. The number of benzene rings is 3. The van der Waals surface area contributed by atoms with Crippen molar-refractivity contribution in [2.75, 3.05) is 7.11 Å². The Morgan fingerprint density at radius 2 is 1.82 bits per heavy atom. The smallest absolute Gasteiger partial charge is 0.387 e. The molecule has 0 fully saturated rings. The van der Waals surface area contributed by atoms with Crippen LogP contribution in [0.4, 0.5) is 14.5 Å². The van der Waals surface area contributed by atoms with Crippen LogP contribution in [0.15, 0.2) is 68.5 Å².